The first kappa shape index (κ1) is 22.7. The topological polar surface area (TPSA) is 95.8 Å². The Bertz CT molecular complexity index is 1700. The molecule has 190 valence electrons. The van der Waals surface area contributed by atoms with Crippen LogP contribution in [-0.2, 0) is 16.0 Å². The zero-order valence-electron chi connectivity index (χ0n) is 21.0. The first-order valence-electron chi connectivity index (χ1n) is 13.1. The molecule has 0 bridgehead atoms. The lowest BCUT2D eigenvalue weighted by Crippen LogP contribution is -2.53. The minimum absolute atomic E-state index is 0.191. The molecule has 1 aromatic heterocycles. The zero-order chi connectivity index (χ0) is 26.0. The van der Waals surface area contributed by atoms with E-state index in [4.69, 9.17) is 9.40 Å². The number of nitrogens with zero attached hydrogens (tertiary/aromatic N) is 3. The Morgan fingerprint density at radius 2 is 1.95 bits per heavy atom. The Hall–Kier alpha value is -4.46. The molecule has 1 unspecified atom stereocenters. The standard InChI is InChI=1S/C30H26N4O4/c1-2-17-6-8-22-25(16-17)38-30(31-22)33-14-12-18(13-15-33)19-7-9-23-27-20(19)4-3-5-21(27)29(37)34(23)24-10-11-26(35)32-28(24)36/h3-9,12,16,24H,2,10-11,13-15H2,1H3,(H,32,35,36). The number of rotatable bonds is 4. The predicted octanol–water partition coefficient (Wildman–Crippen LogP) is 4.60. The molecule has 3 aromatic carbocycles. The summed E-state index contributed by atoms with van der Waals surface area (Å²) < 4.78 is 6.09. The molecule has 1 fully saturated rings. The summed E-state index contributed by atoms with van der Waals surface area (Å²) in [7, 11) is 0. The smallest absolute Gasteiger partial charge is 0.298 e. The first-order valence-corrected chi connectivity index (χ1v) is 13.1. The highest BCUT2D eigenvalue weighted by molar-refractivity contribution is 6.28. The molecule has 7 rings (SSSR count). The van der Waals surface area contributed by atoms with E-state index >= 15 is 0 Å². The van der Waals surface area contributed by atoms with Crippen LogP contribution in [-0.4, -0.2) is 41.8 Å². The maximum Gasteiger partial charge on any atom is 0.298 e. The van der Waals surface area contributed by atoms with E-state index in [1.54, 1.807) is 4.90 Å². The highest BCUT2D eigenvalue weighted by Gasteiger charge is 2.41. The number of imide groups is 1. The van der Waals surface area contributed by atoms with Gasteiger partial charge in [0, 0.05) is 30.5 Å². The van der Waals surface area contributed by atoms with Crippen molar-refractivity contribution in [3.63, 3.8) is 0 Å². The Kier molecular flexibility index (Phi) is 5.11. The van der Waals surface area contributed by atoms with Crippen molar-refractivity contribution >= 4 is 56.9 Å². The van der Waals surface area contributed by atoms with Crippen LogP contribution in [0.15, 0.2) is 59.0 Å². The van der Waals surface area contributed by atoms with Gasteiger partial charge < -0.3 is 9.32 Å². The van der Waals surface area contributed by atoms with E-state index in [-0.39, 0.29) is 18.2 Å². The quantitative estimate of drug-likeness (QED) is 0.407. The number of benzene rings is 3. The summed E-state index contributed by atoms with van der Waals surface area (Å²) >= 11 is 0. The molecular weight excluding hydrogens is 480 g/mol. The number of oxazole rings is 1. The van der Waals surface area contributed by atoms with E-state index < -0.39 is 11.9 Å². The second-order valence-corrected chi connectivity index (χ2v) is 10.1. The van der Waals surface area contributed by atoms with Crippen LogP contribution >= 0.6 is 0 Å². The third-order valence-electron chi connectivity index (χ3n) is 7.92. The number of anilines is 2. The SMILES string of the molecule is CCc1ccc2nc(N3CC=C(c4ccc5c6c(cccc46)C(=O)N5C4CCC(=O)NC4=O)CC3)oc2c1. The van der Waals surface area contributed by atoms with Gasteiger partial charge in [0.15, 0.2) is 5.58 Å². The van der Waals surface area contributed by atoms with Gasteiger partial charge in [0.2, 0.25) is 11.8 Å². The van der Waals surface area contributed by atoms with Crippen LogP contribution in [0.1, 0.15) is 47.7 Å². The van der Waals surface area contributed by atoms with Crippen molar-refractivity contribution in [3.05, 3.63) is 71.3 Å². The fourth-order valence-electron chi connectivity index (χ4n) is 5.92. The highest BCUT2D eigenvalue weighted by Crippen LogP contribution is 2.43. The molecule has 0 saturated carbocycles. The second-order valence-electron chi connectivity index (χ2n) is 10.1. The number of carbonyl (C=O) groups excluding carboxylic acids is 3. The molecule has 0 aliphatic carbocycles. The van der Waals surface area contributed by atoms with Crippen LogP contribution < -0.4 is 15.1 Å². The molecule has 3 aliphatic rings. The normalized spacial score (nSPS) is 19.4. The molecule has 1 N–H and O–H groups in total. The van der Waals surface area contributed by atoms with Gasteiger partial charge in [-0.15, -0.1) is 0 Å². The molecule has 38 heavy (non-hydrogen) atoms. The minimum Gasteiger partial charge on any atom is -0.423 e. The maximum absolute atomic E-state index is 13.4. The van der Waals surface area contributed by atoms with Gasteiger partial charge in [0.1, 0.15) is 11.6 Å². The number of carbonyl (C=O) groups is 3. The summed E-state index contributed by atoms with van der Waals surface area (Å²) in [6.07, 6.45) is 4.51. The van der Waals surface area contributed by atoms with E-state index in [2.05, 4.69) is 35.3 Å². The predicted molar refractivity (Wildman–Crippen MR) is 145 cm³/mol. The number of piperidine rings is 1. The molecule has 8 nitrogen and oxygen atoms in total. The Morgan fingerprint density at radius 1 is 1.05 bits per heavy atom. The van der Waals surface area contributed by atoms with Gasteiger partial charge in [-0.25, -0.2) is 0 Å². The fraction of sp³-hybridized carbons (Fsp3) is 0.267. The number of hydrogen-bond acceptors (Lipinski definition) is 6. The minimum atomic E-state index is -0.686. The van der Waals surface area contributed by atoms with Gasteiger partial charge in [-0.05, 0) is 65.6 Å². The second kappa shape index (κ2) is 8.55. The van der Waals surface area contributed by atoms with Crippen molar-refractivity contribution in [2.75, 3.05) is 22.9 Å². The van der Waals surface area contributed by atoms with E-state index in [1.165, 1.54) is 11.1 Å². The molecule has 1 saturated heterocycles. The van der Waals surface area contributed by atoms with Crippen molar-refractivity contribution in [2.45, 2.75) is 38.6 Å². The van der Waals surface area contributed by atoms with E-state index in [0.717, 1.165) is 52.5 Å². The molecule has 8 heteroatoms. The van der Waals surface area contributed by atoms with Crippen LogP contribution in [0.3, 0.4) is 0 Å². The number of nitrogens with one attached hydrogen (secondary N) is 1. The van der Waals surface area contributed by atoms with E-state index in [0.29, 0.717) is 24.5 Å². The third-order valence-corrected chi connectivity index (χ3v) is 7.92. The number of aromatic nitrogens is 1. The summed E-state index contributed by atoms with van der Waals surface area (Å²) in [5.74, 6) is -0.902. The Balaban J connectivity index is 1.21. The molecule has 3 amide bonds. The van der Waals surface area contributed by atoms with Crippen molar-refractivity contribution in [3.8, 4) is 0 Å². The lowest BCUT2D eigenvalue weighted by atomic mass is 9.92. The third kappa shape index (κ3) is 3.44. The van der Waals surface area contributed by atoms with Crippen LogP contribution in [0.4, 0.5) is 11.7 Å². The largest absolute Gasteiger partial charge is 0.423 e. The van der Waals surface area contributed by atoms with Crippen molar-refractivity contribution in [2.24, 2.45) is 0 Å². The van der Waals surface area contributed by atoms with E-state index in [1.807, 2.05) is 36.4 Å². The van der Waals surface area contributed by atoms with Crippen molar-refractivity contribution in [1.82, 2.24) is 10.3 Å². The highest BCUT2D eigenvalue weighted by atomic mass is 16.4. The fourth-order valence-corrected chi connectivity index (χ4v) is 5.92. The van der Waals surface area contributed by atoms with E-state index in [9.17, 15) is 14.4 Å². The summed E-state index contributed by atoms with van der Waals surface area (Å²) in [5, 5.41) is 4.25. The molecular formula is C30H26N4O4. The molecule has 4 heterocycles. The summed E-state index contributed by atoms with van der Waals surface area (Å²) in [6.45, 7) is 3.56. The van der Waals surface area contributed by atoms with Gasteiger partial charge in [-0.2, -0.15) is 4.98 Å². The zero-order valence-corrected chi connectivity index (χ0v) is 21.0. The molecule has 1 atom stereocenters. The average Bonchev–Trinajstić information content (AvgIpc) is 3.49. The van der Waals surface area contributed by atoms with Crippen molar-refractivity contribution in [1.29, 1.82) is 0 Å². The van der Waals surface area contributed by atoms with Crippen LogP contribution in [0.2, 0.25) is 0 Å². The number of fused-ring (bicyclic) bond motifs is 1. The number of aryl methyl sites for hydroxylation is 1. The van der Waals surface area contributed by atoms with Gasteiger partial charge in [0.05, 0.1) is 5.69 Å². The summed E-state index contributed by atoms with van der Waals surface area (Å²) in [6, 6.07) is 15.8. The molecule has 0 radical (unpaired) electrons. The average molecular weight is 507 g/mol. The van der Waals surface area contributed by atoms with Gasteiger partial charge >= 0.3 is 0 Å². The first-order chi connectivity index (χ1) is 18.5. The number of hydrogen-bond donors (Lipinski definition) is 1. The van der Waals surface area contributed by atoms with Gasteiger partial charge in [-0.1, -0.05) is 37.3 Å². The lowest BCUT2D eigenvalue weighted by molar-refractivity contribution is -0.134. The van der Waals surface area contributed by atoms with Gasteiger partial charge in [0.25, 0.3) is 11.9 Å². The molecule has 3 aliphatic heterocycles. The Labute approximate surface area is 218 Å². The summed E-state index contributed by atoms with van der Waals surface area (Å²) in [5.41, 5.74) is 6.53. The molecule has 0 spiro atoms. The van der Waals surface area contributed by atoms with Crippen LogP contribution in [0, 0.1) is 0 Å². The van der Waals surface area contributed by atoms with Crippen LogP contribution in [0.25, 0.3) is 27.4 Å². The summed E-state index contributed by atoms with van der Waals surface area (Å²) in [4.78, 5) is 46.1. The monoisotopic (exact) mass is 506 g/mol. The molecule has 4 aromatic rings. The maximum atomic E-state index is 13.4. The number of amides is 3. The van der Waals surface area contributed by atoms with Gasteiger partial charge in [-0.3, -0.25) is 24.6 Å². The Morgan fingerprint density at radius 3 is 2.74 bits per heavy atom. The lowest BCUT2D eigenvalue weighted by Gasteiger charge is -2.30. The van der Waals surface area contributed by atoms with Crippen LogP contribution in [0.5, 0.6) is 0 Å². The van der Waals surface area contributed by atoms with Crippen molar-refractivity contribution < 1.29 is 18.8 Å².